The van der Waals surface area contributed by atoms with Crippen LogP contribution in [-0.2, 0) is 13.5 Å². The number of hydrogen-bond acceptors (Lipinski definition) is 4. The van der Waals surface area contributed by atoms with Gasteiger partial charge in [0.25, 0.3) is 0 Å². The first-order valence-electron chi connectivity index (χ1n) is 7.34. The van der Waals surface area contributed by atoms with Crippen LogP contribution in [0.5, 0.6) is 0 Å². The second-order valence-corrected chi connectivity index (χ2v) is 5.28. The number of hydrogen-bond donors (Lipinski definition) is 2. The number of benzene rings is 1. The van der Waals surface area contributed by atoms with E-state index in [1.807, 2.05) is 29.9 Å². The first-order valence-corrected chi connectivity index (χ1v) is 7.34. The summed E-state index contributed by atoms with van der Waals surface area (Å²) < 4.78 is 15.4. The maximum atomic E-state index is 13.5. The van der Waals surface area contributed by atoms with Crippen LogP contribution in [0.15, 0.2) is 30.8 Å². The van der Waals surface area contributed by atoms with Gasteiger partial charge >= 0.3 is 0 Å². The van der Waals surface area contributed by atoms with Crippen LogP contribution >= 0.6 is 0 Å². The van der Waals surface area contributed by atoms with Gasteiger partial charge in [-0.25, -0.2) is 9.37 Å². The van der Waals surface area contributed by atoms with Crippen LogP contribution in [0.1, 0.15) is 18.2 Å². The van der Waals surface area contributed by atoms with E-state index in [9.17, 15) is 4.39 Å². The number of aryl methyl sites for hydroxylation is 2. The number of fused-ring (bicyclic) bond motifs is 1. The van der Waals surface area contributed by atoms with Crippen molar-refractivity contribution in [3.8, 4) is 0 Å². The number of anilines is 3. The number of aromatic nitrogens is 3. The summed E-state index contributed by atoms with van der Waals surface area (Å²) in [5, 5.41) is 8.76. The van der Waals surface area contributed by atoms with Gasteiger partial charge in [-0.2, -0.15) is 5.10 Å². The Kier molecular flexibility index (Phi) is 3.73. The fourth-order valence-electron chi connectivity index (χ4n) is 2.59. The normalized spacial score (nSPS) is 10.9. The molecule has 0 atom stereocenters. The average Bonchev–Trinajstić information content (AvgIpc) is 2.86. The molecule has 6 heteroatoms. The molecule has 3 rings (SSSR count). The third-order valence-electron chi connectivity index (χ3n) is 3.78. The predicted molar refractivity (Wildman–Crippen MR) is 92.1 cm³/mol. The van der Waals surface area contributed by atoms with Gasteiger partial charge in [-0.1, -0.05) is 19.6 Å². The van der Waals surface area contributed by atoms with Crippen molar-refractivity contribution in [2.24, 2.45) is 7.05 Å². The highest BCUT2D eigenvalue weighted by molar-refractivity contribution is 5.86. The fourth-order valence-corrected chi connectivity index (χ4v) is 2.59. The SMILES string of the molecule is C=Cc1cc(F)c(N)nc1Nc1ccc2c(c1)c(CC)nn2C. The molecule has 0 fully saturated rings. The van der Waals surface area contributed by atoms with Crippen molar-refractivity contribution in [2.75, 3.05) is 11.1 Å². The minimum atomic E-state index is -0.554. The molecule has 118 valence electrons. The van der Waals surface area contributed by atoms with Gasteiger partial charge in [0.1, 0.15) is 5.82 Å². The third kappa shape index (κ3) is 2.63. The molecule has 0 saturated carbocycles. The van der Waals surface area contributed by atoms with Gasteiger partial charge in [-0.3, -0.25) is 4.68 Å². The molecule has 3 aromatic rings. The summed E-state index contributed by atoms with van der Waals surface area (Å²) in [6.07, 6.45) is 2.39. The van der Waals surface area contributed by atoms with E-state index in [1.165, 1.54) is 12.1 Å². The van der Waals surface area contributed by atoms with Gasteiger partial charge in [0, 0.05) is 23.7 Å². The van der Waals surface area contributed by atoms with Gasteiger partial charge in [0.15, 0.2) is 11.6 Å². The fraction of sp³-hybridized carbons (Fsp3) is 0.176. The van der Waals surface area contributed by atoms with Crippen LogP contribution < -0.4 is 11.1 Å². The lowest BCUT2D eigenvalue weighted by Crippen LogP contribution is -2.02. The third-order valence-corrected chi connectivity index (χ3v) is 3.78. The second-order valence-electron chi connectivity index (χ2n) is 5.28. The topological polar surface area (TPSA) is 68.8 Å². The van der Waals surface area contributed by atoms with E-state index in [-0.39, 0.29) is 5.82 Å². The quantitative estimate of drug-likeness (QED) is 0.772. The molecule has 0 amide bonds. The lowest BCUT2D eigenvalue weighted by atomic mass is 10.1. The standard InChI is InChI=1S/C17H18FN5/c1-4-10-8-13(18)16(19)21-17(10)20-11-6-7-15-12(9-11)14(5-2)22-23(15)3/h4,6-9H,1,5H2,2-3H3,(H3,19,20,21). The summed E-state index contributed by atoms with van der Waals surface area (Å²) in [6, 6.07) is 7.24. The Labute approximate surface area is 133 Å². The number of pyridine rings is 1. The summed E-state index contributed by atoms with van der Waals surface area (Å²) in [5.41, 5.74) is 9.04. The average molecular weight is 311 g/mol. The number of rotatable bonds is 4. The van der Waals surface area contributed by atoms with Gasteiger partial charge in [-0.15, -0.1) is 0 Å². The van der Waals surface area contributed by atoms with Crippen LogP contribution in [0.25, 0.3) is 17.0 Å². The molecule has 0 radical (unpaired) electrons. The molecule has 0 aliphatic heterocycles. The molecular formula is C17H18FN5. The molecule has 0 aliphatic carbocycles. The van der Waals surface area contributed by atoms with Gasteiger partial charge in [-0.05, 0) is 30.7 Å². The molecule has 1 aromatic carbocycles. The molecule has 3 N–H and O–H groups in total. The highest BCUT2D eigenvalue weighted by atomic mass is 19.1. The second kappa shape index (κ2) is 5.72. The van der Waals surface area contributed by atoms with Crippen LogP contribution in [-0.4, -0.2) is 14.8 Å². The van der Waals surface area contributed by atoms with E-state index < -0.39 is 5.82 Å². The lowest BCUT2D eigenvalue weighted by molar-refractivity contribution is 0.627. The number of nitrogen functional groups attached to an aromatic ring is 1. The lowest BCUT2D eigenvalue weighted by Gasteiger charge is -2.10. The Bertz CT molecular complexity index is 898. The minimum absolute atomic E-state index is 0.144. The van der Waals surface area contributed by atoms with Gasteiger partial charge in [0.05, 0.1) is 11.2 Å². The summed E-state index contributed by atoms with van der Waals surface area (Å²) in [7, 11) is 1.92. The maximum absolute atomic E-state index is 13.5. The molecule has 0 spiro atoms. The van der Waals surface area contributed by atoms with E-state index in [0.717, 1.165) is 28.7 Å². The van der Waals surface area contributed by atoms with Crippen molar-refractivity contribution in [1.82, 2.24) is 14.8 Å². The number of halogens is 1. The van der Waals surface area contributed by atoms with Crippen LogP contribution in [0.4, 0.5) is 21.7 Å². The number of nitrogens with zero attached hydrogens (tertiary/aromatic N) is 3. The molecule has 2 heterocycles. The van der Waals surface area contributed by atoms with Crippen molar-refractivity contribution in [2.45, 2.75) is 13.3 Å². The first kappa shape index (κ1) is 15.0. The molecule has 0 bridgehead atoms. The van der Waals surface area contributed by atoms with E-state index >= 15 is 0 Å². The summed E-state index contributed by atoms with van der Waals surface area (Å²) >= 11 is 0. The molecule has 0 aliphatic rings. The van der Waals surface area contributed by atoms with Crippen molar-refractivity contribution in [3.05, 3.63) is 47.9 Å². The highest BCUT2D eigenvalue weighted by Gasteiger charge is 2.11. The maximum Gasteiger partial charge on any atom is 0.165 e. The van der Waals surface area contributed by atoms with Crippen molar-refractivity contribution < 1.29 is 4.39 Å². The predicted octanol–water partition coefficient (Wildman–Crippen LogP) is 3.64. The zero-order valence-electron chi connectivity index (χ0n) is 13.1. The zero-order chi connectivity index (χ0) is 16.6. The Hall–Kier alpha value is -2.89. The molecule has 2 aromatic heterocycles. The van der Waals surface area contributed by atoms with Crippen LogP contribution in [0.3, 0.4) is 0 Å². The number of nitrogens with one attached hydrogen (secondary N) is 1. The smallest absolute Gasteiger partial charge is 0.165 e. The minimum Gasteiger partial charge on any atom is -0.381 e. The van der Waals surface area contributed by atoms with Crippen molar-refractivity contribution in [1.29, 1.82) is 0 Å². The molecule has 23 heavy (non-hydrogen) atoms. The summed E-state index contributed by atoms with van der Waals surface area (Å²) in [5.74, 6) is -0.226. The molecule has 0 saturated heterocycles. The van der Waals surface area contributed by atoms with E-state index in [0.29, 0.717) is 11.4 Å². The molecule has 0 unspecified atom stereocenters. The van der Waals surface area contributed by atoms with E-state index in [4.69, 9.17) is 5.73 Å². The van der Waals surface area contributed by atoms with Gasteiger partial charge in [0.2, 0.25) is 0 Å². The highest BCUT2D eigenvalue weighted by Crippen LogP contribution is 2.27. The molecular weight excluding hydrogens is 293 g/mol. The van der Waals surface area contributed by atoms with Gasteiger partial charge < -0.3 is 11.1 Å². The first-order chi connectivity index (χ1) is 11.0. The van der Waals surface area contributed by atoms with Crippen LogP contribution in [0.2, 0.25) is 0 Å². The monoisotopic (exact) mass is 311 g/mol. The summed E-state index contributed by atoms with van der Waals surface area (Å²) in [6.45, 7) is 5.75. The van der Waals surface area contributed by atoms with Crippen molar-refractivity contribution >= 4 is 34.3 Å². The zero-order valence-corrected chi connectivity index (χ0v) is 13.1. The number of nitrogens with two attached hydrogens (primary N) is 1. The largest absolute Gasteiger partial charge is 0.381 e. The molecule has 5 nitrogen and oxygen atoms in total. The Balaban J connectivity index is 2.05. The Morgan fingerprint density at radius 1 is 1.39 bits per heavy atom. The van der Waals surface area contributed by atoms with Crippen LogP contribution in [0, 0.1) is 5.82 Å². The summed E-state index contributed by atoms with van der Waals surface area (Å²) in [4.78, 5) is 4.07. The van der Waals surface area contributed by atoms with E-state index in [2.05, 4.69) is 28.9 Å². The van der Waals surface area contributed by atoms with E-state index in [1.54, 1.807) is 0 Å². The Morgan fingerprint density at radius 2 is 2.17 bits per heavy atom. The Morgan fingerprint density at radius 3 is 2.87 bits per heavy atom. The van der Waals surface area contributed by atoms with Crippen molar-refractivity contribution in [3.63, 3.8) is 0 Å².